The molecule has 0 radical (unpaired) electrons. The van der Waals surface area contributed by atoms with E-state index >= 15 is 0 Å². The van der Waals surface area contributed by atoms with Gasteiger partial charge in [-0.3, -0.25) is 4.79 Å². The van der Waals surface area contributed by atoms with Gasteiger partial charge in [-0.25, -0.2) is 0 Å². The highest BCUT2D eigenvalue weighted by Gasteiger charge is 2.22. The fourth-order valence-corrected chi connectivity index (χ4v) is 1.60. The lowest BCUT2D eigenvalue weighted by atomic mass is 10.00. The van der Waals surface area contributed by atoms with Crippen molar-refractivity contribution in [2.75, 3.05) is 12.8 Å². The van der Waals surface area contributed by atoms with Gasteiger partial charge in [0.15, 0.2) is 0 Å². The van der Waals surface area contributed by atoms with Crippen molar-refractivity contribution in [1.82, 2.24) is 0 Å². The molecule has 5 nitrogen and oxygen atoms in total. The van der Waals surface area contributed by atoms with Gasteiger partial charge in [0.05, 0.1) is 19.6 Å². The van der Waals surface area contributed by atoms with Crippen molar-refractivity contribution in [3.63, 3.8) is 0 Å². The number of rotatable bonds is 4. The van der Waals surface area contributed by atoms with E-state index in [1.54, 1.807) is 18.2 Å². The van der Waals surface area contributed by atoms with Crippen LogP contribution in [0.3, 0.4) is 0 Å². The van der Waals surface area contributed by atoms with Gasteiger partial charge in [0.1, 0.15) is 6.10 Å². The van der Waals surface area contributed by atoms with E-state index in [2.05, 4.69) is 4.74 Å². The summed E-state index contributed by atoms with van der Waals surface area (Å²) in [6.07, 6.45) is -2.62. The number of nitrogens with two attached hydrogens (primary N) is 1. The van der Waals surface area contributed by atoms with Crippen molar-refractivity contribution in [3.8, 4) is 0 Å². The lowest BCUT2D eigenvalue weighted by Crippen LogP contribution is -2.22. The van der Waals surface area contributed by atoms with Crippen molar-refractivity contribution < 1.29 is 19.7 Å². The van der Waals surface area contributed by atoms with Gasteiger partial charge in [-0.1, -0.05) is 6.07 Å². The van der Waals surface area contributed by atoms with Gasteiger partial charge >= 0.3 is 5.97 Å². The fourth-order valence-electron chi connectivity index (χ4n) is 1.60. The molecule has 0 heterocycles. The van der Waals surface area contributed by atoms with E-state index in [4.69, 9.17) is 5.73 Å². The van der Waals surface area contributed by atoms with Crippen LogP contribution in [0.1, 0.15) is 23.7 Å². The minimum atomic E-state index is -1.20. The molecule has 2 atom stereocenters. The molecule has 1 aromatic rings. The molecule has 0 fully saturated rings. The Hall–Kier alpha value is -1.59. The van der Waals surface area contributed by atoms with Crippen LogP contribution in [0.5, 0.6) is 0 Å². The lowest BCUT2D eigenvalue weighted by molar-refractivity contribution is -0.144. The number of carbonyl (C=O) groups is 1. The maximum Gasteiger partial charge on any atom is 0.308 e. The number of anilines is 1. The fraction of sp³-hybridized carbons (Fsp3) is 0.417. The molecule has 2 unspecified atom stereocenters. The number of benzene rings is 1. The number of nitrogen functional groups attached to an aromatic ring is 1. The van der Waals surface area contributed by atoms with Crippen molar-refractivity contribution in [1.29, 1.82) is 0 Å². The molecule has 0 saturated heterocycles. The molecule has 0 amide bonds. The second-order valence-electron chi connectivity index (χ2n) is 3.97. The molecule has 0 aliphatic carbocycles. The summed E-state index contributed by atoms with van der Waals surface area (Å²) < 4.78 is 4.42. The van der Waals surface area contributed by atoms with Gasteiger partial charge < -0.3 is 20.7 Å². The summed E-state index contributed by atoms with van der Waals surface area (Å²) in [5, 5.41) is 19.5. The number of ether oxygens (including phenoxy) is 1. The van der Waals surface area contributed by atoms with Gasteiger partial charge in [0, 0.05) is 5.69 Å². The number of aliphatic hydroxyl groups excluding tert-OH is 2. The molecule has 0 spiro atoms. The van der Waals surface area contributed by atoms with Crippen LogP contribution in [0.2, 0.25) is 0 Å². The Bertz CT molecular complexity index is 385. The molecule has 0 saturated carbocycles. The lowest BCUT2D eigenvalue weighted by Gasteiger charge is -2.18. The first kappa shape index (κ1) is 13.5. The van der Waals surface area contributed by atoms with E-state index in [0.717, 1.165) is 5.56 Å². The molecule has 0 aliphatic rings. The molecule has 4 N–H and O–H groups in total. The van der Waals surface area contributed by atoms with Crippen LogP contribution in [0.4, 0.5) is 5.69 Å². The Labute approximate surface area is 99.8 Å². The van der Waals surface area contributed by atoms with Gasteiger partial charge in [-0.15, -0.1) is 0 Å². The molecule has 5 heteroatoms. The third kappa shape index (κ3) is 3.72. The zero-order valence-electron chi connectivity index (χ0n) is 9.88. The SMILES string of the molecule is COC(=O)CC(O)C(O)c1cc(C)cc(N)c1. The summed E-state index contributed by atoms with van der Waals surface area (Å²) in [7, 11) is 1.23. The normalized spacial score (nSPS) is 14.1. The van der Waals surface area contributed by atoms with Crippen LogP contribution in [0.15, 0.2) is 18.2 Å². The number of methoxy groups -OCH3 is 1. The van der Waals surface area contributed by atoms with Gasteiger partial charge in [-0.2, -0.15) is 0 Å². The minimum Gasteiger partial charge on any atom is -0.469 e. The summed E-state index contributed by atoms with van der Waals surface area (Å²) in [6.45, 7) is 1.83. The smallest absolute Gasteiger partial charge is 0.308 e. The molecule has 0 aliphatic heterocycles. The zero-order valence-corrected chi connectivity index (χ0v) is 9.88. The van der Waals surface area contributed by atoms with Crippen LogP contribution < -0.4 is 5.73 Å². The van der Waals surface area contributed by atoms with Gasteiger partial charge in [0.25, 0.3) is 0 Å². The highest BCUT2D eigenvalue weighted by molar-refractivity contribution is 5.69. The molecule has 17 heavy (non-hydrogen) atoms. The first-order valence-corrected chi connectivity index (χ1v) is 5.24. The molecule has 94 valence electrons. The first-order valence-electron chi connectivity index (χ1n) is 5.24. The monoisotopic (exact) mass is 239 g/mol. The van der Waals surface area contributed by atoms with Crippen LogP contribution in [-0.2, 0) is 9.53 Å². The Balaban J connectivity index is 2.80. The third-order valence-electron chi connectivity index (χ3n) is 2.43. The largest absolute Gasteiger partial charge is 0.469 e. The van der Waals surface area contributed by atoms with Crippen molar-refractivity contribution in [2.24, 2.45) is 0 Å². The maximum atomic E-state index is 11.0. The Morgan fingerprint density at radius 3 is 2.59 bits per heavy atom. The van der Waals surface area contributed by atoms with Crippen LogP contribution in [-0.4, -0.2) is 29.4 Å². The summed E-state index contributed by atoms with van der Waals surface area (Å²) >= 11 is 0. The van der Waals surface area contributed by atoms with E-state index in [1.165, 1.54) is 7.11 Å². The topological polar surface area (TPSA) is 92.8 Å². The second kappa shape index (κ2) is 5.65. The first-order chi connectivity index (χ1) is 7.93. The average molecular weight is 239 g/mol. The summed E-state index contributed by atoms with van der Waals surface area (Å²) in [4.78, 5) is 11.0. The van der Waals surface area contributed by atoms with Crippen LogP contribution in [0, 0.1) is 6.92 Å². The highest BCUT2D eigenvalue weighted by atomic mass is 16.5. The van der Waals surface area contributed by atoms with Crippen molar-refractivity contribution in [2.45, 2.75) is 25.6 Å². The Morgan fingerprint density at radius 1 is 1.41 bits per heavy atom. The average Bonchev–Trinajstić information content (AvgIpc) is 2.26. The van der Waals surface area contributed by atoms with Gasteiger partial charge in [0.2, 0.25) is 0 Å². The Morgan fingerprint density at radius 2 is 2.06 bits per heavy atom. The highest BCUT2D eigenvalue weighted by Crippen LogP contribution is 2.22. The number of carbonyl (C=O) groups excluding carboxylic acids is 1. The van der Waals surface area contributed by atoms with E-state index in [-0.39, 0.29) is 6.42 Å². The quantitative estimate of drug-likeness (QED) is 0.526. The number of esters is 1. The predicted molar refractivity (Wildman–Crippen MR) is 63.2 cm³/mol. The molecule has 1 aromatic carbocycles. The zero-order chi connectivity index (χ0) is 13.0. The maximum absolute atomic E-state index is 11.0. The number of hydrogen-bond acceptors (Lipinski definition) is 5. The second-order valence-corrected chi connectivity index (χ2v) is 3.97. The predicted octanol–water partition coefficient (Wildman–Crippen LogP) is 0.535. The van der Waals surface area contributed by atoms with Gasteiger partial charge in [-0.05, 0) is 30.2 Å². The van der Waals surface area contributed by atoms with Crippen molar-refractivity contribution >= 4 is 11.7 Å². The van der Waals surface area contributed by atoms with E-state index < -0.39 is 18.2 Å². The summed E-state index contributed by atoms with van der Waals surface area (Å²) in [5.41, 5.74) is 7.51. The molecule has 0 bridgehead atoms. The molecule has 0 aromatic heterocycles. The molecule has 1 rings (SSSR count). The third-order valence-corrected chi connectivity index (χ3v) is 2.43. The minimum absolute atomic E-state index is 0.258. The summed E-state index contributed by atoms with van der Waals surface area (Å²) in [5.74, 6) is -0.572. The standard InChI is InChI=1S/C12H17NO4/c1-7-3-8(5-9(13)4-7)12(16)10(14)6-11(15)17-2/h3-5,10,12,14,16H,6,13H2,1-2H3. The van der Waals surface area contributed by atoms with Crippen molar-refractivity contribution in [3.05, 3.63) is 29.3 Å². The van der Waals surface area contributed by atoms with Crippen LogP contribution in [0.25, 0.3) is 0 Å². The molecular formula is C12H17NO4. The summed E-state index contributed by atoms with van der Waals surface area (Å²) in [6, 6.07) is 5.03. The molecular weight excluding hydrogens is 222 g/mol. The number of aryl methyl sites for hydroxylation is 1. The van der Waals surface area contributed by atoms with E-state index in [1.807, 2.05) is 6.92 Å². The van der Waals surface area contributed by atoms with Crippen LogP contribution >= 0.6 is 0 Å². The van der Waals surface area contributed by atoms with E-state index in [9.17, 15) is 15.0 Å². The number of hydrogen-bond donors (Lipinski definition) is 3. The van der Waals surface area contributed by atoms with E-state index in [0.29, 0.717) is 11.3 Å². The Kier molecular flexibility index (Phi) is 4.48. The number of aliphatic hydroxyl groups is 2.